The third-order valence-electron chi connectivity index (χ3n) is 4.73. The van der Waals surface area contributed by atoms with Crippen LogP contribution < -0.4 is 15.0 Å². The van der Waals surface area contributed by atoms with Gasteiger partial charge in [0.25, 0.3) is 5.91 Å². The van der Waals surface area contributed by atoms with E-state index in [1.165, 1.54) is 0 Å². The minimum atomic E-state index is -0.255. The lowest BCUT2D eigenvalue weighted by Crippen LogP contribution is -2.23. The standard InChI is InChI=1S/C22H21N3O3/c1-15-7-8-16-4-2-5-19(22(16)23-15)24-20(26)14-28-18-11-9-17(10-12-18)25-13-3-6-21(25)27/h2,4-5,7-12H,3,6,13-14H2,1H3,(H,24,26). The summed E-state index contributed by atoms with van der Waals surface area (Å²) in [6.45, 7) is 2.56. The molecule has 0 atom stereocenters. The molecule has 1 aliphatic heterocycles. The number of rotatable bonds is 5. The van der Waals surface area contributed by atoms with E-state index in [4.69, 9.17) is 4.74 Å². The molecule has 4 rings (SSSR count). The van der Waals surface area contributed by atoms with E-state index >= 15 is 0 Å². The smallest absolute Gasteiger partial charge is 0.262 e. The zero-order valence-electron chi connectivity index (χ0n) is 15.6. The van der Waals surface area contributed by atoms with Crippen molar-refractivity contribution < 1.29 is 14.3 Å². The van der Waals surface area contributed by atoms with Crippen molar-refractivity contribution in [2.75, 3.05) is 23.4 Å². The summed E-state index contributed by atoms with van der Waals surface area (Å²) in [4.78, 5) is 30.4. The average molecular weight is 375 g/mol. The summed E-state index contributed by atoms with van der Waals surface area (Å²) >= 11 is 0. The van der Waals surface area contributed by atoms with E-state index in [1.54, 1.807) is 17.0 Å². The largest absolute Gasteiger partial charge is 0.484 e. The number of carbonyl (C=O) groups excluding carboxylic acids is 2. The molecule has 0 bridgehead atoms. The molecule has 142 valence electrons. The van der Waals surface area contributed by atoms with E-state index in [1.807, 2.05) is 49.4 Å². The van der Waals surface area contributed by atoms with Gasteiger partial charge in [-0.2, -0.15) is 0 Å². The van der Waals surface area contributed by atoms with Crippen molar-refractivity contribution in [3.8, 4) is 5.75 Å². The highest BCUT2D eigenvalue weighted by atomic mass is 16.5. The summed E-state index contributed by atoms with van der Waals surface area (Å²) in [6.07, 6.45) is 1.49. The minimum Gasteiger partial charge on any atom is -0.484 e. The van der Waals surface area contributed by atoms with E-state index in [0.717, 1.165) is 35.2 Å². The van der Waals surface area contributed by atoms with Gasteiger partial charge in [-0.25, -0.2) is 0 Å². The summed E-state index contributed by atoms with van der Waals surface area (Å²) in [5.74, 6) is 0.471. The van der Waals surface area contributed by atoms with Crippen molar-refractivity contribution in [3.05, 3.63) is 60.3 Å². The van der Waals surface area contributed by atoms with Gasteiger partial charge >= 0.3 is 0 Å². The number of nitrogens with zero attached hydrogens (tertiary/aromatic N) is 2. The number of benzene rings is 2. The minimum absolute atomic E-state index is 0.107. The van der Waals surface area contributed by atoms with Crippen LogP contribution in [0, 0.1) is 6.92 Å². The molecule has 2 heterocycles. The number of aryl methyl sites for hydroxylation is 1. The van der Waals surface area contributed by atoms with Crippen LogP contribution in [0.15, 0.2) is 54.6 Å². The Balaban J connectivity index is 1.38. The quantitative estimate of drug-likeness (QED) is 0.738. The van der Waals surface area contributed by atoms with Crippen molar-refractivity contribution in [1.29, 1.82) is 0 Å². The molecule has 0 unspecified atom stereocenters. The Hall–Kier alpha value is -3.41. The molecule has 1 saturated heterocycles. The lowest BCUT2D eigenvalue weighted by Gasteiger charge is -2.16. The molecule has 1 aliphatic rings. The summed E-state index contributed by atoms with van der Waals surface area (Å²) in [7, 11) is 0. The number of para-hydroxylation sites is 1. The highest BCUT2D eigenvalue weighted by Crippen LogP contribution is 2.24. The molecule has 28 heavy (non-hydrogen) atoms. The summed E-state index contributed by atoms with van der Waals surface area (Å²) in [6, 6.07) is 16.8. The molecule has 1 N–H and O–H groups in total. The third-order valence-corrected chi connectivity index (χ3v) is 4.73. The van der Waals surface area contributed by atoms with Crippen molar-refractivity contribution in [3.63, 3.8) is 0 Å². The van der Waals surface area contributed by atoms with Crippen LogP contribution >= 0.6 is 0 Å². The number of nitrogens with one attached hydrogen (secondary N) is 1. The van der Waals surface area contributed by atoms with Gasteiger partial charge in [0.2, 0.25) is 5.91 Å². The number of amides is 2. The van der Waals surface area contributed by atoms with Gasteiger partial charge < -0.3 is 15.0 Å². The Morgan fingerprint density at radius 2 is 1.96 bits per heavy atom. The summed E-state index contributed by atoms with van der Waals surface area (Å²) in [5.41, 5.74) is 3.17. The topological polar surface area (TPSA) is 71.5 Å². The number of hydrogen-bond acceptors (Lipinski definition) is 4. The Kier molecular flexibility index (Phi) is 4.93. The van der Waals surface area contributed by atoms with Crippen molar-refractivity contribution in [1.82, 2.24) is 4.98 Å². The predicted octanol–water partition coefficient (Wildman–Crippen LogP) is 3.69. The average Bonchev–Trinajstić information content (AvgIpc) is 3.13. The van der Waals surface area contributed by atoms with E-state index in [-0.39, 0.29) is 18.4 Å². The molecule has 0 radical (unpaired) electrons. The number of hydrogen-bond donors (Lipinski definition) is 1. The Labute approximate surface area is 163 Å². The van der Waals surface area contributed by atoms with Gasteiger partial charge in [-0.15, -0.1) is 0 Å². The first kappa shape index (κ1) is 18.0. The highest BCUT2D eigenvalue weighted by molar-refractivity contribution is 6.00. The predicted molar refractivity (Wildman–Crippen MR) is 109 cm³/mol. The van der Waals surface area contributed by atoms with Crippen LogP contribution in [0.3, 0.4) is 0 Å². The number of aromatic nitrogens is 1. The van der Waals surface area contributed by atoms with Crippen LogP contribution in [0.5, 0.6) is 5.75 Å². The molecular formula is C22H21N3O3. The number of pyridine rings is 1. The van der Waals surface area contributed by atoms with Crippen LogP contribution in [0.25, 0.3) is 10.9 Å². The molecule has 1 aromatic heterocycles. The van der Waals surface area contributed by atoms with Gasteiger partial charge in [0, 0.05) is 29.7 Å². The molecule has 0 aliphatic carbocycles. The number of ether oxygens (including phenoxy) is 1. The Morgan fingerprint density at radius 3 is 2.71 bits per heavy atom. The molecule has 2 aromatic carbocycles. The Morgan fingerprint density at radius 1 is 1.14 bits per heavy atom. The van der Waals surface area contributed by atoms with Crippen LogP contribution in [0.1, 0.15) is 18.5 Å². The first-order valence-electron chi connectivity index (χ1n) is 9.29. The fraction of sp³-hybridized carbons (Fsp3) is 0.227. The zero-order valence-corrected chi connectivity index (χ0v) is 15.6. The fourth-order valence-corrected chi connectivity index (χ4v) is 3.32. The number of fused-ring (bicyclic) bond motifs is 1. The molecule has 1 fully saturated rings. The maximum absolute atomic E-state index is 12.3. The van der Waals surface area contributed by atoms with Gasteiger partial charge in [-0.1, -0.05) is 18.2 Å². The van der Waals surface area contributed by atoms with E-state index in [0.29, 0.717) is 17.9 Å². The van der Waals surface area contributed by atoms with Crippen LogP contribution in [0.2, 0.25) is 0 Å². The van der Waals surface area contributed by atoms with Crippen LogP contribution in [-0.4, -0.2) is 29.9 Å². The molecule has 2 amide bonds. The maximum atomic E-state index is 12.3. The molecule has 6 nitrogen and oxygen atoms in total. The SMILES string of the molecule is Cc1ccc2cccc(NC(=O)COc3ccc(N4CCCC4=O)cc3)c2n1. The fourth-order valence-electron chi connectivity index (χ4n) is 3.32. The zero-order chi connectivity index (χ0) is 19.5. The first-order chi connectivity index (χ1) is 13.6. The number of anilines is 2. The third kappa shape index (κ3) is 3.81. The van der Waals surface area contributed by atoms with Gasteiger partial charge in [-0.3, -0.25) is 14.6 Å². The van der Waals surface area contributed by atoms with E-state index in [2.05, 4.69) is 10.3 Å². The molecular weight excluding hydrogens is 354 g/mol. The molecule has 6 heteroatoms. The molecule has 0 saturated carbocycles. The van der Waals surface area contributed by atoms with Crippen molar-refractivity contribution in [2.45, 2.75) is 19.8 Å². The van der Waals surface area contributed by atoms with E-state index in [9.17, 15) is 9.59 Å². The second-order valence-electron chi connectivity index (χ2n) is 6.81. The number of carbonyl (C=O) groups is 2. The highest BCUT2D eigenvalue weighted by Gasteiger charge is 2.21. The first-order valence-corrected chi connectivity index (χ1v) is 9.29. The van der Waals surface area contributed by atoms with Gasteiger partial charge in [0.05, 0.1) is 11.2 Å². The lowest BCUT2D eigenvalue weighted by molar-refractivity contribution is -0.118. The van der Waals surface area contributed by atoms with Gasteiger partial charge in [0.1, 0.15) is 5.75 Å². The molecule has 0 spiro atoms. The summed E-state index contributed by atoms with van der Waals surface area (Å²) in [5, 5.41) is 3.83. The molecule has 3 aromatic rings. The van der Waals surface area contributed by atoms with Gasteiger partial charge in [0.15, 0.2) is 6.61 Å². The maximum Gasteiger partial charge on any atom is 0.262 e. The van der Waals surface area contributed by atoms with E-state index < -0.39 is 0 Å². The van der Waals surface area contributed by atoms with Crippen LogP contribution in [-0.2, 0) is 9.59 Å². The second kappa shape index (κ2) is 7.68. The Bertz CT molecular complexity index is 1030. The van der Waals surface area contributed by atoms with Gasteiger partial charge in [-0.05, 0) is 49.7 Å². The lowest BCUT2D eigenvalue weighted by atomic mass is 10.1. The summed E-state index contributed by atoms with van der Waals surface area (Å²) < 4.78 is 5.58. The monoisotopic (exact) mass is 375 g/mol. The van der Waals surface area contributed by atoms with Crippen molar-refractivity contribution in [2.24, 2.45) is 0 Å². The second-order valence-corrected chi connectivity index (χ2v) is 6.81. The normalized spacial score (nSPS) is 13.8. The van der Waals surface area contributed by atoms with Crippen molar-refractivity contribution >= 4 is 34.1 Å². The van der Waals surface area contributed by atoms with Crippen LogP contribution in [0.4, 0.5) is 11.4 Å².